The smallest absolute Gasteiger partial charge is 0.266 e. The molecule has 1 rings (SSSR count). The summed E-state index contributed by atoms with van der Waals surface area (Å²) in [6.45, 7) is 8.61. The zero-order valence-electron chi connectivity index (χ0n) is 13.0. The van der Waals surface area contributed by atoms with Crippen molar-refractivity contribution in [3.05, 3.63) is 71.4 Å². The van der Waals surface area contributed by atoms with Gasteiger partial charge in [0.15, 0.2) is 0 Å². The lowest BCUT2D eigenvalue weighted by Gasteiger charge is -2.18. The third-order valence-electron chi connectivity index (χ3n) is 3.08. The monoisotopic (exact) mass is 373 g/mol. The third kappa shape index (κ3) is 6.13. The van der Waals surface area contributed by atoms with Crippen LogP contribution >= 0.6 is 15.9 Å². The average molecular weight is 374 g/mol. The highest BCUT2D eigenvalue weighted by Gasteiger charge is 2.15. The zero-order chi connectivity index (χ0) is 17.1. The SMILES string of the molecule is C=CCN(CC=C)C(=O)/C(C#N)=C\NCCc1ccccc1Br. The maximum atomic E-state index is 12.3. The summed E-state index contributed by atoms with van der Waals surface area (Å²) in [5, 5.41) is 12.2. The molecule has 0 spiro atoms. The number of nitrogens with zero attached hydrogens (tertiary/aromatic N) is 2. The van der Waals surface area contributed by atoms with Crippen molar-refractivity contribution >= 4 is 21.8 Å². The minimum atomic E-state index is -0.333. The molecule has 0 radical (unpaired) electrons. The van der Waals surface area contributed by atoms with Crippen molar-refractivity contribution in [1.82, 2.24) is 10.2 Å². The summed E-state index contributed by atoms with van der Waals surface area (Å²) in [5.41, 5.74) is 1.24. The van der Waals surface area contributed by atoms with Crippen LogP contribution in [-0.2, 0) is 11.2 Å². The molecule has 0 atom stereocenters. The number of benzene rings is 1. The van der Waals surface area contributed by atoms with E-state index in [0.717, 1.165) is 16.5 Å². The van der Waals surface area contributed by atoms with Crippen LogP contribution in [-0.4, -0.2) is 30.4 Å². The van der Waals surface area contributed by atoms with Gasteiger partial charge in [0, 0.05) is 30.3 Å². The van der Waals surface area contributed by atoms with E-state index >= 15 is 0 Å². The largest absolute Gasteiger partial charge is 0.389 e. The van der Waals surface area contributed by atoms with Gasteiger partial charge in [-0.3, -0.25) is 4.79 Å². The molecule has 0 aliphatic rings. The van der Waals surface area contributed by atoms with Crippen LogP contribution in [0.2, 0.25) is 0 Å². The summed E-state index contributed by atoms with van der Waals surface area (Å²) in [5.74, 6) is -0.333. The predicted octanol–water partition coefficient (Wildman–Crippen LogP) is 3.19. The highest BCUT2D eigenvalue weighted by molar-refractivity contribution is 9.10. The molecule has 0 saturated heterocycles. The second kappa shape index (κ2) is 10.4. The van der Waals surface area contributed by atoms with Gasteiger partial charge < -0.3 is 10.2 Å². The molecule has 1 N–H and O–H groups in total. The molecule has 120 valence electrons. The van der Waals surface area contributed by atoms with Crippen LogP contribution in [0.1, 0.15) is 5.56 Å². The van der Waals surface area contributed by atoms with Gasteiger partial charge in [-0.15, -0.1) is 13.2 Å². The van der Waals surface area contributed by atoms with E-state index in [1.54, 1.807) is 12.2 Å². The number of nitriles is 1. The highest BCUT2D eigenvalue weighted by Crippen LogP contribution is 2.15. The second-order valence-electron chi connectivity index (χ2n) is 4.75. The Morgan fingerprint density at radius 2 is 1.96 bits per heavy atom. The maximum absolute atomic E-state index is 12.3. The normalized spacial score (nSPS) is 10.5. The van der Waals surface area contributed by atoms with Gasteiger partial charge in [0.1, 0.15) is 11.6 Å². The fourth-order valence-corrected chi connectivity index (χ4v) is 2.43. The first-order chi connectivity index (χ1) is 11.1. The van der Waals surface area contributed by atoms with E-state index in [0.29, 0.717) is 19.6 Å². The number of amides is 1. The molecule has 1 aromatic carbocycles. The number of hydrogen-bond acceptors (Lipinski definition) is 3. The van der Waals surface area contributed by atoms with E-state index in [4.69, 9.17) is 0 Å². The Balaban J connectivity index is 2.63. The summed E-state index contributed by atoms with van der Waals surface area (Å²) in [4.78, 5) is 13.8. The first-order valence-electron chi connectivity index (χ1n) is 7.22. The molecule has 0 saturated carbocycles. The number of carbonyl (C=O) groups is 1. The number of hydrogen-bond donors (Lipinski definition) is 1. The van der Waals surface area contributed by atoms with E-state index in [1.807, 2.05) is 30.3 Å². The molecule has 1 amide bonds. The van der Waals surface area contributed by atoms with E-state index in [-0.39, 0.29) is 11.5 Å². The van der Waals surface area contributed by atoms with Crippen LogP contribution in [0.25, 0.3) is 0 Å². The van der Waals surface area contributed by atoms with Crippen molar-refractivity contribution in [2.45, 2.75) is 6.42 Å². The van der Waals surface area contributed by atoms with Crippen molar-refractivity contribution in [3.8, 4) is 6.07 Å². The Bertz CT molecular complexity index is 621. The summed E-state index contributed by atoms with van der Waals surface area (Å²) in [6.07, 6.45) is 5.50. The van der Waals surface area contributed by atoms with Gasteiger partial charge in [-0.25, -0.2) is 0 Å². The topological polar surface area (TPSA) is 56.1 Å². The average Bonchev–Trinajstić information content (AvgIpc) is 2.56. The van der Waals surface area contributed by atoms with Crippen LogP contribution in [0.3, 0.4) is 0 Å². The van der Waals surface area contributed by atoms with Crippen LogP contribution in [0.5, 0.6) is 0 Å². The molecule has 5 heteroatoms. The van der Waals surface area contributed by atoms with Crippen molar-refractivity contribution in [2.24, 2.45) is 0 Å². The molecular formula is C18H20BrN3O. The summed E-state index contributed by atoms with van der Waals surface area (Å²) >= 11 is 3.49. The van der Waals surface area contributed by atoms with Crippen LogP contribution in [0.15, 0.2) is 65.8 Å². The van der Waals surface area contributed by atoms with Gasteiger partial charge in [-0.2, -0.15) is 5.26 Å². The lowest BCUT2D eigenvalue weighted by molar-refractivity contribution is -0.125. The Morgan fingerprint density at radius 3 is 2.52 bits per heavy atom. The van der Waals surface area contributed by atoms with Gasteiger partial charge in [0.2, 0.25) is 0 Å². The molecule has 0 aliphatic heterocycles. The fourth-order valence-electron chi connectivity index (χ4n) is 1.95. The molecule has 0 heterocycles. The van der Waals surface area contributed by atoms with E-state index < -0.39 is 0 Å². The van der Waals surface area contributed by atoms with Crippen LogP contribution in [0, 0.1) is 11.3 Å². The number of halogens is 1. The third-order valence-corrected chi connectivity index (χ3v) is 3.85. The van der Waals surface area contributed by atoms with Gasteiger partial charge in [0.25, 0.3) is 5.91 Å². The predicted molar refractivity (Wildman–Crippen MR) is 96.5 cm³/mol. The van der Waals surface area contributed by atoms with Gasteiger partial charge >= 0.3 is 0 Å². The molecule has 4 nitrogen and oxygen atoms in total. The van der Waals surface area contributed by atoms with Crippen molar-refractivity contribution < 1.29 is 4.79 Å². The van der Waals surface area contributed by atoms with E-state index in [1.165, 1.54) is 11.1 Å². The Kier molecular flexibility index (Phi) is 8.48. The summed E-state index contributed by atoms with van der Waals surface area (Å²) in [6, 6.07) is 9.89. The Morgan fingerprint density at radius 1 is 1.30 bits per heavy atom. The molecule has 0 unspecified atom stereocenters. The quantitative estimate of drug-likeness (QED) is 0.313. The van der Waals surface area contributed by atoms with Crippen LogP contribution < -0.4 is 5.32 Å². The molecule has 0 aliphatic carbocycles. The molecular weight excluding hydrogens is 354 g/mol. The molecule has 1 aromatic rings. The minimum absolute atomic E-state index is 0.0702. The molecule has 0 fully saturated rings. The summed E-state index contributed by atoms with van der Waals surface area (Å²) in [7, 11) is 0. The highest BCUT2D eigenvalue weighted by atomic mass is 79.9. The Hall–Kier alpha value is -2.32. The Labute approximate surface area is 145 Å². The number of carbonyl (C=O) groups excluding carboxylic acids is 1. The van der Waals surface area contributed by atoms with E-state index in [9.17, 15) is 10.1 Å². The van der Waals surface area contributed by atoms with E-state index in [2.05, 4.69) is 34.4 Å². The van der Waals surface area contributed by atoms with Crippen LogP contribution in [0.4, 0.5) is 0 Å². The summed E-state index contributed by atoms with van der Waals surface area (Å²) < 4.78 is 1.05. The zero-order valence-corrected chi connectivity index (χ0v) is 14.6. The number of nitrogens with one attached hydrogen (secondary N) is 1. The lowest BCUT2D eigenvalue weighted by Crippen LogP contribution is -2.32. The van der Waals surface area contributed by atoms with Crippen molar-refractivity contribution in [2.75, 3.05) is 19.6 Å². The first-order valence-corrected chi connectivity index (χ1v) is 8.01. The lowest BCUT2D eigenvalue weighted by atomic mass is 10.1. The van der Waals surface area contributed by atoms with Gasteiger partial charge in [-0.05, 0) is 18.1 Å². The fraction of sp³-hybridized carbons (Fsp3) is 0.222. The minimum Gasteiger partial charge on any atom is -0.389 e. The molecule has 0 bridgehead atoms. The van der Waals surface area contributed by atoms with Gasteiger partial charge in [-0.1, -0.05) is 46.3 Å². The molecule has 23 heavy (non-hydrogen) atoms. The van der Waals surface area contributed by atoms with Crippen molar-refractivity contribution in [3.63, 3.8) is 0 Å². The molecule has 0 aromatic heterocycles. The second-order valence-corrected chi connectivity index (χ2v) is 5.61. The number of rotatable bonds is 9. The first kappa shape index (κ1) is 18.7. The van der Waals surface area contributed by atoms with Gasteiger partial charge in [0.05, 0.1) is 0 Å². The van der Waals surface area contributed by atoms with Crippen molar-refractivity contribution in [1.29, 1.82) is 5.26 Å². The maximum Gasteiger partial charge on any atom is 0.266 e. The standard InChI is InChI=1S/C18H20BrN3O/c1-3-11-22(12-4-2)18(23)16(13-20)14-21-10-9-15-7-5-6-8-17(15)19/h3-8,14,21H,1-2,9-12H2/b16-14-.